The predicted molar refractivity (Wildman–Crippen MR) is 115 cm³/mol. The highest BCUT2D eigenvalue weighted by atomic mass is 31.2. The minimum Gasteiger partial charge on any atom is -0.465 e. The third-order valence-corrected chi connectivity index (χ3v) is 5.06. The van der Waals surface area contributed by atoms with Crippen molar-refractivity contribution < 1.29 is 42.9 Å². The maximum atomic E-state index is 12.1. The van der Waals surface area contributed by atoms with Gasteiger partial charge in [-0.3, -0.25) is 14.0 Å². The average Bonchev–Trinajstić information content (AvgIpc) is 3.09. The van der Waals surface area contributed by atoms with Crippen molar-refractivity contribution in [1.29, 1.82) is 0 Å². The highest BCUT2D eigenvalue weighted by Crippen LogP contribution is 2.42. The predicted octanol–water partition coefficient (Wildman–Crippen LogP) is 2.80. The van der Waals surface area contributed by atoms with Crippen molar-refractivity contribution in [3.63, 3.8) is 0 Å². The zero-order valence-corrected chi connectivity index (χ0v) is 19.8. The lowest BCUT2D eigenvalue weighted by Crippen LogP contribution is -2.36. The molecule has 33 heavy (non-hydrogen) atoms. The molecule has 0 aliphatic carbocycles. The summed E-state index contributed by atoms with van der Waals surface area (Å²) in [6.07, 6.45) is -1.13. The third kappa shape index (κ3) is 7.63. The number of carbonyl (C=O) groups is 2. The number of nitrogens with zero attached hydrogens (tertiary/aromatic N) is 5. The molecule has 2 N–H and O–H groups in total. The normalized spacial score (nSPS) is 14.3. The zero-order chi connectivity index (χ0) is 24.8. The van der Waals surface area contributed by atoms with Crippen molar-refractivity contribution in [1.82, 2.24) is 19.5 Å². The van der Waals surface area contributed by atoms with Gasteiger partial charge in [-0.25, -0.2) is 24.5 Å². The molecule has 1 amide bonds. The van der Waals surface area contributed by atoms with E-state index in [1.54, 1.807) is 39.2 Å². The zero-order valence-electron chi connectivity index (χ0n) is 18.9. The number of fused-ring (bicyclic) bond motifs is 1. The Morgan fingerprint density at radius 3 is 2.48 bits per heavy atom. The molecule has 0 saturated heterocycles. The van der Waals surface area contributed by atoms with E-state index in [-0.39, 0.29) is 18.4 Å². The number of anilines is 1. The molecule has 2 aromatic heterocycles. The number of amides is 1. The van der Waals surface area contributed by atoms with E-state index in [9.17, 15) is 24.2 Å². The van der Waals surface area contributed by atoms with Crippen LogP contribution in [0.5, 0.6) is 0 Å². The lowest BCUT2D eigenvalue weighted by molar-refractivity contribution is -0.0152. The molecule has 0 aliphatic rings. The monoisotopic (exact) mass is 489 g/mol. The van der Waals surface area contributed by atoms with E-state index in [4.69, 9.17) is 9.47 Å². The number of imidazole rings is 1. The highest BCUT2D eigenvalue weighted by Gasteiger charge is 2.25. The molecule has 0 fully saturated rings. The molecule has 14 nitrogen and oxygen atoms in total. The minimum absolute atomic E-state index is 0.152. The van der Waals surface area contributed by atoms with Crippen LogP contribution in [0.25, 0.3) is 11.2 Å². The summed E-state index contributed by atoms with van der Waals surface area (Å²) in [4.78, 5) is 46.2. The Hall–Kier alpha value is -2.80. The van der Waals surface area contributed by atoms with Crippen LogP contribution in [0.4, 0.5) is 15.4 Å². The molecule has 0 aliphatic heterocycles. The van der Waals surface area contributed by atoms with Gasteiger partial charge < -0.3 is 28.8 Å². The first kappa shape index (κ1) is 26.5. The van der Waals surface area contributed by atoms with Gasteiger partial charge in [0.1, 0.15) is 12.7 Å². The summed E-state index contributed by atoms with van der Waals surface area (Å²) < 4.78 is 33.0. The van der Waals surface area contributed by atoms with Crippen LogP contribution < -0.4 is 4.90 Å². The molecule has 1 unspecified atom stereocenters. The molecule has 0 spiro atoms. The molecule has 0 bridgehead atoms. The summed E-state index contributed by atoms with van der Waals surface area (Å²) in [6, 6.07) is -0.372. The van der Waals surface area contributed by atoms with Gasteiger partial charge in [0.25, 0.3) is 0 Å². The van der Waals surface area contributed by atoms with Gasteiger partial charge in [0.15, 0.2) is 17.0 Å². The Morgan fingerprint density at radius 2 is 1.88 bits per heavy atom. The lowest BCUT2D eigenvalue weighted by Gasteiger charge is -2.22. The number of carboxylic acid groups (broad SMARTS) is 1. The average molecular weight is 489 g/mol. The van der Waals surface area contributed by atoms with Crippen LogP contribution in [0.2, 0.25) is 0 Å². The first-order valence-corrected chi connectivity index (χ1v) is 11.8. The van der Waals surface area contributed by atoms with Crippen molar-refractivity contribution in [3.05, 3.63) is 12.7 Å². The van der Waals surface area contributed by atoms with E-state index in [1.807, 2.05) is 0 Å². The number of hydrogen-bond donors (Lipinski definition) is 2. The minimum atomic E-state index is -4.20. The molecule has 2 heterocycles. The van der Waals surface area contributed by atoms with Gasteiger partial charge in [0, 0.05) is 6.04 Å². The van der Waals surface area contributed by atoms with Crippen LogP contribution in [0.15, 0.2) is 12.7 Å². The van der Waals surface area contributed by atoms with E-state index in [1.165, 1.54) is 12.7 Å². The molecule has 0 aromatic carbocycles. The summed E-state index contributed by atoms with van der Waals surface area (Å²) in [6.45, 7) is 7.75. The fourth-order valence-corrected chi connectivity index (χ4v) is 3.44. The van der Waals surface area contributed by atoms with Gasteiger partial charge in [0.2, 0.25) is 6.79 Å². The molecule has 2 atom stereocenters. The van der Waals surface area contributed by atoms with Crippen molar-refractivity contribution in [2.45, 2.75) is 59.4 Å². The fraction of sp³-hybridized carbons (Fsp3) is 0.611. The van der Waals surface area contributed by atoms with Crippen LogP contribution in [0.1, 0.15) is 34.6 Å². The van der Waals surface area contributed by atoms with E-state index < -0.39 is 45.2 Å². The van der Waals surface area contributed by atoms with E-state index in [0.717, 1.165) is 4.90 Å². The van der Waals surface area contributed by atoms with Gasteiger partial charge in [-0.1, -0.05) is 0 Å². The molecule has 2 aromatic rings. The molecule has 2 rings (SSSR count). The highest BCUT2D eigenvalue weighted by molar-refractivity contribution is 7.52. The molecule has 15 heteroatoms. The van der Waals surface area contributed by atoms with E-state index in [2.05, 4.69) is 24.2 Å². The van der Waals surface area contributed by atoms with Crippen LogP contribution >= 0.6 is 7.60 Å². The molecule has 0 saturated carbocycles. The summed E-state index contributed by atoms with van der Waals surface area (Å²) in [5.74, 6) is 0.152. The smallest absolute Gasteiger partial charge is 0.465 e. The standard InChI is InChI=1S/C18H28N5O9P/c1-11(2)23(17(24)25)16-14-15(19-7-20-16)22(8-21-14)6-13(5)30-10-33(27,28)31-9-29-18(26)32-12(3)4/h7-8,11-13H,6,9-10H2,1-5H3,(H,24,25)(H,27,28)/t13-/m1/s1. The van der Waals surface area contributed by atoms with Gasteiger partial charge in [0.05, 0.1) is 25.1 Å². The second-order valence-corrected chi connectivity index (χ2v) is 9.36. The first-order chi connectivity index (χ1) is 15.4. The lowest BCUT2D eigenvalue weighted by atomic mass is 10.3. The topological polar surface area (TPSA) is 175 Å². The molecular weight excluding hydrogens is 461 g/mol. The van der Waals surface area contributed by atoms with Crippen LogP contribution in [-0.4, -0.2) is 73.2 Å². The van der Waals surface area contributed by atoms with Gasteiger partial charge in [-0.2, -0.15) is 0 Å². The first-order valence-electron chi connectivity index (χ1n) is 10.0. The summed E-state index contributed by atoms with van der Waals surface area (Å²) >= 11 is 0. The van der Waals surface area contributed by atoms with Crippen molar-refractivity contribution in [2.75, 3.05) is 18.0 Å². The Labute approximate surface area is 190 Å². The van der Waals surface area contributed by atoms with Crippen LogP contribution in [-0.2, 0) is 29.8 Å². The van der Waals surface area contributed by atoms with Gasteiger partial charge in [-0.15, -0.1) is 0 Å². The van der Waals surface area contributed by atoms with Crippen molar-refractivity contribution >= 4 is 36.8 Å². The number of aromatic nitrogens is 4. The van der Waals surface area contributed by atoms with Gasteiger partial charge in [-0.05, 0) is 34.6 Å². The van der Waals surface area contributed by atoms with E-state index >= 15 is 0 Å². The number of hydrogen-bond acceptors (Lipinski definition) is 10. The fourth-order valence-electron chi connectivity index (χ4n) is 2.71. The summed E-state index contributed by atoms with van der Waals surface area (Å²) in [7, 11) is -4.20. The van der Waals surface area contributed by atoms with E-state index in [0.29, 0.717) is 11.2 Å². The van der Waals surface area contributed by atoms with Gasteiger partial charge >= 0.3 is 19.8 Å². The maximum absolute atomic E-state index is 12.1. The second kappa shape index (κ2) is 11.4. The Morgan fingerprint density at radius 1 is 1.18 bits per heavy atom. The summed E-state index contributed by atoms with van der Waals surface area (Å²) in [5.41, 5.74) is 0.672. The number of ether oxygens (including phenoxy) is 3. The third-order valence-electron chi connectivity index (χ3n) is 4.07. The summed E-state index contributed by atoms with van der Waals surface area (Å²) in [5, 5.41) is 9.50. The van der Waals surface area contributed by atoms with Crippen molar-refractivity contribution in [3.8, 4) is 0 Å². The Balaban J connectivity index is 1.97. The van der Waals surface area contributed by atoms with Crippen LogP contribution in [0, 0.1) is 0 Å². The van der Waals surface area contributed by atoms with Crippen molar-refractivity contribution in [2.24, 2.45) is 0 Å². The molecule has 184 valence electrons. The number of rotatable bonds is 11. The number of carbonyl (C=O) groups excluding carboxylic acids is 1. The Kier molecular flexibility index (Phi) is 9.11. The molecular formula is C18H28N5O9P. The second-order valence-electron chi connectivity index (χ2n) is 7.56. The largest absolute Gasteiger partial charge is 0.510 e. The quantitative estimate of drug-likeness (QED) is 0.268. The van der Waals surface area contributed by atoms with Crippen LogP contribution in [0.3, 0.4) is 0 Å². The Bertz CT molecular complexity index is 1010. The molecule has 0 radical (unpaired) electrons. The SMILES string of the molecule is CC(C)OC(=O)OCOP(=O)(O)CO[C@H](C)Cn1cnc2c(N(C(=O)O)C(C)C)ncnc21. The maximum Gasteiger partial charge on any atom is 0.510 e.